The van der Waals surface area contributed by atoms with Crippen LogP contribution < -0.4 is 10.5 Å². The van der Waals surface area contributed by atoms with Crippen molar-refractivity contribution in [3.8, 4) is 5.75 Å². The van der Waals surface area contributed by atoms with Crippen LogP contribution in [0.25, 0.3) is 0 Å². The molecule has 16 heavy (non-hydrogen) atoms. The largest absolute Gasteiger partial charge is 0.496 e. The van der Waals surface area contributed by atoms with Crippen molar-refractivity contribution in [1.82, 2.24) is 0 Å². The smallest absolute Gasteiger partial charge is 0.407 e. The summed E-state index contributed by atoms with van der Waals surface area (Å²) in [5, 5.41) is 0. The number of methoxy groups -OCH3 is 1. The normalized spacial score (nSPS) is 13.7. The number of rotatable bonds is 2. The van der Waals surface area contributed by atoms with Crippen LogP contribution in [-0.4, -0.2) is 13.3 Å². The average Bonchev–Trinajstić information content (AvgIpc) is 2.19. The fourth-order valence-electron chi connectivity index (χ4n) is 1.41. The van der Waals surface area contributed by atoms with Gasteiger partial charge < -0.3 is 10.5 Å². The minimum atomic E-state index is -4.46. The molecule has 0 fully saturated rings. The molecule has 5 heteroatoms. The number of benzene rings is 1. The topological polar surface area (TPSA) is 35.2 Å². The second-order valence-electron chi connectivity index (χ2n) is 3.70. The third-order valence-electron chi connectivity index (χ3n) is 2.53. The van der Waals surface area contributed by atoms with Gasteiger partial charge in [-0.1, -0.05) is 6.07 Å². The molecule has 0 saturated heterocycles. The van der Waals surface area contributed by atoms with E-state index in [2.05, 4.69) is 0 Å². The van der Waals surface area contributed by atoms with Crippen LogP contribution in [-0.2, 0) is 0 Å². The van der Waals surface area contributed by atoms with E-state index < -0.39 is 12.2 Å². The summed E-state index contributed by atoms with van der Waals surface area (Å²) in [6, 6.07) is 0.976. The number of nitrogens with two attached hydrogens (primary N) is 1. The molecule has 0 saturated carbocycles. The molecule has 90 valence electrons. The number of hydrogen-bond donors (Lipinski definition) is 1. The lowest BCUT2D eigenvalue weighted by Crippen LogP contribution is -2.29. The van der Waals surface area contributed by atoms with E-state index in [1.807, 2.05) is 0 Å². The highest BCUT2D eigenvalue weighted by atomic mass is 19.4. The Morgan fingerprint density at radius 2 is 1.69 bits per heavy atom. The van der Waals surface area contributed by atoms with E-state index in [0.717, 1.165) is 11.1 Å². The van der Waals surface area contributed by atoms with Gasteiger partial charge in [-0.25, -0.2) is 0 Å². The van der Waals surface area contributed by atoms with E-state index in [1.165, 1.54) is 13.2 Å². The zero-order chi connectivity index (χ0) is 12.5. The summed E-state index contributed by atoms with van der Waals surface area (Å²) in [6.45, 7) is 3.54. The predicted molar refractivity (Wildman–Crippen MR) is 55.5 cm³/mol. The van der Waals surface area contributed by atoms with Crippen molar-refractivity contribution in [3.63, 3.8) is 0 Å². The molecule has 0 heterocycles. The molecule has 2 nitrogen and oxygen atoms in total. The molecule has 1 atom stereocenters. The van der Waals surface area contributed by atoms with Gasteiger partial charge in [0.1, 0.15) is 11.8 Å². The molecule has 0 bridgehead atoms. The molecule has 0 aliphatic carbocycles. The summed E-state index contributed by atoms with van der Waals surface area (Å²) < 4.78 is 42.4. The van der Waals surface area contributed by atoms with Gasteiger partial charge in [0.2, 0.25) is 0 Å². The molecule has 0 amide bonds. The molecule has 0 radical (unpaired) electrons. The second-order valence-corrected chi connectivity index (χ2v) is 3.70. The summed E-state index contributed by atoms with van der Waals surface area (Å²) in [4.78, 5) is 0. The zero-order valence-electron chi connectivity index (χ0n) is 9.35. The van der Waals surface area contributed by atoms with Crippen LogP contribution in [0.1, 0.15) is 22.7 Å². The van der Waals surface area contributed by atoms with Crippen LogP contribution in [0.5, 0.6) is 5.75 Å². The highest BCUT2D eigenvalue weighted by molar-refractivity contribution is 5.43. The lowest BCUT2D eigenvalue weighted by atomic mass is 10.00. The number of halogens is 3. The first-order valence-electron chi connectivity index (χ1n) is 4.74. The maximum atomic E-state index is 12.5. The van der Waals surface area contributed by atoms with Crippen LogP contribution in [0, 0.1) is 13.8 Å². The van der Waals surface area contributed by atoms with E-state index >= 15 is 0 Å². The standard InChI is InChI=1S/C11H14F3NO/c1-6-4-8(10(15)11(12,13)14)9(16-3)5-7(6)2/h4-5,10H,15H2,1-3H3/t10-/m1/s1. The predicted octanol–water partition coefficient (Wildman–Crippen LogP) is 2.87. The number of ether oxygens (including phenoxy) is 1. The number of aryl methyl sites for hydroxylation is 2. The van der Waals surface area contributed by atoms with Gasteiger partial charge in [-0.15, -0.1) is 0 Å². The van der Waals surface area contributed by atoms with Gasteiger partial charge in [-0.2, -0.15) is 13.2 Å². The van der Waals surface area contributed by atoms with Gasteiger partial charge in [0.05, 0.1) is 7.11 Å². The fourth-order valence-corrected chi connectivity index (χ4v) is 1.41. The van der Waals surface area contributed by atoms with Crippen molar-refractivity contribution in [2.45, 2.75) is 26.1 Å². The first kappa shape index (κ1) is 12.8. The first-order valence-corrected chi connectivity index (χ1v) is 4.74. The molecule has 1 aromatic rings. The molecule has 2 N–H and O–H groups in total. The Hall–Kier alpha value is -1.23. The molecule has 0 aromatic heterocycles. The van der Waals surface area contributed by atoms with E-state index in [9.17, 15) is 13.2 Å². The summed E-state index contributed by atoms with van der Waals surface area (Å²) in [6.07, 6.45) is -4.46. The third-order valence-corrected chi connectivity index (χ3v) is 2.53. The Bertz CT molecular complexity index is 388. The van der Waals surface area contributed by atoms with Crippen molar-refractivity contribution >= 4 is 0 Å². The zero-order valence-corrected chi connectivity index (χ0v) is 9.35. The quantitative estimate of drug-likeness (QED) is 0.852. The monoisotopic (exact) mass is 233 g/mol. The Kier molecular flexibility index (Phi) is 3.48. The maximum Gasteiger partial charge on any atom is 0.407 e. The highest BCUT2D eigenvalue weighted by Gasteiger charge is 2.39. The van der Waals surface area contributed by atoms with Crippen LogP contribution in [0.2, 0.25) is 0 Å². The maximum absolute atomic E-state index is 12.5. The lowest BCUT2D eigenvalue weighted by molar-refractivity contribution is -0.149. The highest BCUT2D eigenvalue weighted by Crippen LogP contribution is 2.36. The molecular formula is C11H14F3NO. The average molecular weight is 233 g/mol. The summed E-state index contributed by atoms with van der Waals surface area (Å²) in [7, 11) is 1.33. The van der Waals surface area contributed by atoms with Crippen LogP contribution in [0.4, 0.5) is 13.2 Å². The molecule has 0 spiro atoms. The molecule has 0 aliphatic rings. The lowest BCUT2D eigenvalue weighted by Gasteiger charge is -2.19. The molecular weight excluding hydrogens is 219 g/mol. The number of hydrogen-bond acceptors (Lipinski definition) is 2. The van der Waals surface area contributed by atoms with Crippen LogP contribution in [0.15, 0.2) is 12.1 Å². The van der Waals surface area contributed by atoms with Gasteiger partial charge in [-0.05, 0) is 31.0 Å². The van der Waals surface area contributed by atoms with Crippen molar-refractivity contribution in [3.05, 3.63) is 28.8 Å². The van der Waals surface area contributed by atoms with E-state index in [-0.39, 0.29) is 11.3 Å². The number of alkyl halides is 3. The van der Waals surface area contributed by atoms with Crippen molar-refractivity contribution in [1.29, 1.82) is 0 Å². The second kappa shape index (κ2) is 4.33. The van der Waals surface area contributed by atoms with Crippen LogP contribution in [0.3, 0.4) is 0 Å². The van der Waals surface area contributed by atoms with Crippen LogP contribution >= 0.6 is 0 Å². The van der Waals surface area contributed by atoms with Gasteiger partial charge in [0.15, 0.2) is 0 Å². The van der Waals surface area contributed by atoms with Gasteiger partial charge in [0.25, 0.3) is 0 Å². The summed E-state index contributed by atoms with van der Waals surface area (Å²) >= 11 is 0. The first-order chi connectivity index (χ1) is 7.27. The van der Waals surface area contributed by atoms with Gasteiger partial charge >= 0.3 is 6.18 Å². The van der Waals surface area contributed by atoms with Gasteiger partial charge in [-0.3, -0.25) is 0 Å². The van der Waals surface area contributed by atoms with Gasteiger partial charge in [0, 0.05) is 5.56 Å². The molecule has 1 aromatic carbocycles. The van der Waals surface area contributed by atoms with E-state index in [0.29, 0.717) is 0 Å². The Labute approximate surface area is 92.2 Å². The van der Waals surface area contributed by atoms with Crippen molar-refractivity contribution in [2.24, 2.45) is 5.73 Å². The van der Waals surface area contributed by atoms with Crippen molar-refractivity contribution in [2.75, 3.05) is 7.11 Å². The third kappa shape index (κ3) is 2.47. The molecule has 0 unspecified atom stereocenters. The Morgan fingerprint density at radius 3 is 2.12 bits per heavy atom. The molecule has 1 rings (SSSR count). The Balaban J connectivity index is 3.27. The minimum absolute atomic E-state index is 0.0295. The minimum Gasteiger partial charge on any atom is -0.496 e. The fraction of sp³-hybridized carbons (Fsp3) is 0.455. The summed E-state index contributed by atoms with van der Waals surface area (Å²) in [5.41, 5.74) is 6.76. The van der Waals surface area contributed by atoms with E-state index in [1.54, 1.807) is 19.9 Å². The SMILES string of the molecule is COc1cc(C)c(C)cc1[C@@H](N)C(F)(F)F. The molecule has 0 aliphatic heterocycles. The summed E-state index contributed by atoms with van der Waals surface area (Å²) in [5.74, 6) is 0.174. The van der Waals surface area contributed by atoms with E-state index in [4.69, 9.17) is 10.5 Å². The Morgan fingerprint density at radius 1 is 1.19 bits per heavy atom. The van der Waals surface area contributed by atoms with Crippen molar-refractivity contribution < 1.29 is 17.9 Å².